The second-order valence-corrected chi connectivity index (χ2v) is 13.7. The maximum absolute atomic E-state index is 14.1. The smallest absolute Gasteiger partial charge is 0.218 e. The van der Waals surface area contributed by atoms with Crippen LogP contribution in [0.4, 0.5) is 0 Å². The van der Waals surface area contributed by atoms with Crippen molar-refractivity contribution < 1.29 is 23.0 Å². The molecule has 1 spiro atoms. The van der Waals surface area contributed by atoms with Crippen molar-refractivity contribution in [1.82, 2.24) is 9.21 Å². The van der Waals surface area contributed by atoms with Gasteiger partial charge in [-0.15, -0.1) is 0 Å². The Morgan fingerprint density at radius 1 is 1.19 bits per heavy atom. The van der Waals surface area contributed by atoms with Crippen molar-refractivity contribution in [2.45, 2.75) is 74.5 Å². The number of aliphatic hydroxyl groups is 1. The third-order valence-corrected chi connectivity index (χ3v) is 11.2. The molecule has 4 aliphatic rings. The van der Waals surface area contributed by atoms with Gasteiger partial charge in [-0.25, -0.2) is 8.42 Å². The maximum Gasteiger partial charge on any atom is 0.218 e. The van der Waals surface area contributed by atoms with Crippen LogP contribution in [0, 0.1) is 5.92 Å². The van der Waals surface area contributed by atoms with E-state index in [0.29, 0.717) is 30.9 Å². The van der Waals surface area contributed by atoms with Crippen LogP contribution in [0.15, 0.2) is 42.5 Å². The largest absolute Gasteiger partial charge is 0.493 e. The zero-order valence-electron chi connectivity index (χ0n) is 22.2. The molecule has 1 saturated heterocycles. The maximum atomic E-state index is 14.1. The number of likely N-dealkylation sites (N-methyl/N-ethyl adjacent to an activating group) is 1. The standard InChI is InChI=1S/C29H38N2O5S/c1-19(2)17-31(37(33,34)18-20-8-6-5-7-9-20)22-12-13-29(32)24-16-21-10-11-23(35-4)26-25(21)28(29,27(22)36-26)14-15-30(24)3/h5-11,19,22,24,27,32H,12-18H2,1-4H3/t22-,24-,27+,28+,29-/m1/s1. The molecule has 6 rings (SSSR count). The molecule has 0 amide bonds. The van der Waals surface area contributed by atoms with E-state index in [-0.39, 0.29) is 23.8 Å². The fourth-order valence-electron chi connectivity index (χ4n) is 7.85. The lowest BCUT2D eigenvalue weighted by Crippen LogP contribution is -2.78. The van der Waals surface area contributed by atoms with E-state index in [0.717, 1.165) is 30.5 Å². The monoisotopic (exact) mass is 526 g/mol. The summed E-state index contributed by atoms with van der Waals surface area (Å²) in [4.78, 5) is 2.28. The second-order valence-electron chi connectivity index (χ2n) is 11.8. The summed E-state index contributed by atoms with van der Waals surface area (Å²) >= 11 is 0. The summed E-state index contributed by atoms with van der Waals surface area (Å²) in [5, 5.41) is 12.5. The van der Waals surface area contributed by atoms with Gasteiger partial charge in [0.2, 0.25) is 10.0 Å². The van der Waals surface area contributed by atoms with Crippen molar-refractivity contribution in [3.05, 3.63) is 59.2 Å². The van der Waals surface area contributed by atoms with Gasteiger partial charge in [0, 0.05) is 18.2 Å². The highest BCUT2D eigenvalue weighted by Crippen LogP contribution is 2.66. The molecule has 5 atom stereocenters. The molecule has 1 saturated carbocycles. The Balaban J connectivity index is 1.49. The van der Waals surface area contributed by atoms with Gasteiger partial charge in [0.05, 0.1) is 29.9 Å². The third-order valence-electron chi connectivity index (χ3n) is 9.37. The molecule has 2 aliphatic heterocycles. The first-order chi connectivity index (χ1) is 17.6. The number of benzene rings is 2. The number of likely N-dealkylation sites (tertiary alicyclic amines) is 1. The van der Waals surface area contributed by atoms with Crippen LogP contribution in [0.2, 0.25) is 0 Å². The Kier molecular flexibility index (Phi) is 5.91. The van der Waals surface area contributed by atoms with E-state index in [9.17, 15) is 13.5 Å². The number of sulfonamides is 1. The molecule has 2 aliphatic carbocycles. The highest BCUT2D eigenvalue weighted by molar-refractivity contribution is 7.88. The van der Waals surface area contributed by atoms with Gasteiger partial charge in [-0.05, 0) is 62.4 Å². The zero-order valence-corrected chi connectivity index (χ0v) is 23.0. The van der Waals surface area contributed by atoms with Gasteiger partial charge in [0.15, 0.2) is 11.5 Å². The number of methoxy groups -OCH3 is 1. The Labute approximate surface area is 220 Å². The summed E-state index contributed by atoms with van der Waals surface area (Å²) < 4.78 is 42.4. The van der Waals surface area contributed by atoms with Gasteiger partial charge < -0.3 is 19.5 Å². The highest BCUT2D eigenvalue weighted by Gasteiger charge is 2.73. The second kappa shape index (κ2) is 8.70. The number of ether oxygens (including phenoxy) is 2. The van der Waals surface area contributed by atoms with Crippen molar-refractivity contribution in [2.24, 2.45) is 5.92 Å². The number of hydrogen-bond donors (Lipinski definition) is 1. The first kappa shape index (κ1) is 25.2. The number of rotatable bonds is 7. The molecule has 2 aromatic rings. The number of hydrogen-bond acceptors (Lipinski definition) is 6. The van der Waals surface area contributed by atoms with Crippen molar-refractivity contribution in [3.63, 3.8) is 0 Å². The van der Waals surface area contributed by atoms with E-state index in [2.05, 4.69) is 31.9 Å². The lowest BCUT2D eigenvalue weighted by Gasteiger charge is -2.64. The Morgan fingerprint density at radius 3 is 2.65 bits per heavy atom. The van der Waals surface area contributed by atoms with Gasteiger partial charge in [-0.2, -0.15) is 4.31 Å². The van der Waals surface area contributed by atoms with Gasteiger partial charge in [-0.3, -0.25) is 0 Å². The minimum Gasteiger partial charge on any atom is -0.493 e. The minimum absolute atomic E-state index is 0.0281. The Morgan fingerprint density at radius 2 is 1.95 bits per heavy atom. The zero-order chi connectivity index (χ0) is 26.2. The van der Waals surface area contributed by atoms with Crippen LogP contribution in [0.25, 0.3) is 0 Å². The van der Waals surface area contributed by atoms with E-state index in [1.165, 1.54) is 5.56 Å². The molecular formula is C29H38N2O5S. The van der Waals surface area contributed by atoms with Crippen LogP contribution in [0.1, 0.15) is 49.8 Å². The molecule has 7 nitrogen and oxygen atoms in total. The van der Waals surface area contributed by atoms with Crippen LogP contribution >= 0.6 is 0 Å². The summed E-state index contributed by atoms with van der Waals surface area (Å²) in [7, 11) is 0.0815. The molecule has 2 fully saturated rings. The Hall–Kier alpha value is -2.13. The van der Waals surface area contributed by atoms with Crippen molar-refractivity contribution >= 4 is 10.0 Å². The van der Waals surface area contributed by atoms with Gasteiger partial charge in [0.1, 0.15) is 6.10 Å². The molecule has 2 aromatic carbocycles. The molecular weight excluding hydrogens is 488 g/mol. The molecule has 2 heterocycles. The topological polar surface area (TPSA) is 79.3 Å². The van der Waals surface area contributed by atoms with Gasteiger partial charge in [-0.1, -0.05) is 50.2 Å². The average Bonchev–Trinajstić information content (AvgIpc) is 3.21. The van der Waals surface area contributed by atoms with E-state index in [1.807, 2.05) is 36.4 Å². The molecule has 0 unspecified atom stereocenters. The Bertz CT molecular complexity index is 1300. The van der Waals surface area contributed by atoms with Crippen molar-refractivity contribution in [2.75, 3.05) is 27.2 Å². The fraction of sp³-hybridized carbons (Fsp3) is 0.586. The first-order valence-electron chi connectivity index (χ1n) is 13.5. The molecule has 2 bridgehead atoms. The summed E-state index contributed by atoms with van der Waals surface area (Å²) in [5.41, 5.74) is 1.36. The average molecular weight is 527 g/mol. The van der Waals surface area contributed by atoms with Crippen LogP contribution < -0.4 is 9.47 Å². The van der Waals surface area contributed by atoms with Crippen LogP contribution in [0.5, 0.6) is 11.5 Å². The molecule has 0 aromatic heterocycles. The number of nitrogens with zero attached hydrogens (tertiary/aromatic N) is 2. The van der Waals surface area contributed by atoms with E-state index in [1.54, 1.807) is 11.4 Å². The summed E-state index contributed by atoms with van der Waals surface area (Å²) in [6.07, 6.45) is 2.10. The molecule has 0 radical (unpaired) electrons. The van der Waals surface area contributed by atoms with Crippen LogP contribution in [0.3, 0.4) is 0 Å². The normalized spacial score (nSPS) is 32.4. The predicted molar refractivity (Wildman–Crippen MR) is 142 cm³/mol. The van der Waals surface area contributed by atoms with E-state index in [4.69, 9.17) is 9.47 Å². The van der Waals surface area contributed by atoms with Gasteiger partial charge in [0.25, 0.3) is 0 Å². The van der Waals surface area contributed by atoms with Crippen molar-refractivity contribution in [1.29, 1.82) is 0 Å². The molecule has 200 valence electrons. The first-order valence-corrected chi connectivity index (χ1v) is 15.1. The van der Waals surface area contributed by atoms with Crippen LogP contribution in [-0.4, -0.2) is 73.8 Å². The third kappa shape index (κ3) is 3.52. The SMILES string of the molecule is COc1ccc2c3c1O[C@H]1[C@H](N(CC(C)C)S(=O)(=O)Cc4ccccc4)CC[C@@]4(O)[C@@H](C2)N(C)CC[C@]314. The minimum atomic E-state index is -3.65. The van der Waals surface area contributed by atoms with Crippen molar-refractivity contribution in [3.8, 4) is 11.5 Å². The summed E-state index contributed by atoms with van der Waals surface area (Å²) in [6, 6.07) is 13.1. The lowest BCUT2D eigenvalue weighted by atomic mass is 9.48. The van der Waals surface area contributed by atoms with Gasteiger partial charge >= 0.3 is 0 Å². The molecule has 37 heavy (non-hydrogen) atoms. The lowest BCUT2D eigenvalue weighted by molar-refractivity contribution is -0.192. The number of piperidine rings is 1. The highest BCUT2D eigenvalue weighted by atomic mass is 32.2. The summed E-state index contributed by atoms with van der Waals surface area (Å²) in [5.74, 6) is 1.45. The fourth-order valence-corrected chi connectivity index (χ4v) is 9.79. The molecule has 8 heteroatoms. The summed E-state index contributed by atoms with van der Waals surface area (Å²) in [6.45, 7) is 5.36. The van der Waals surface area contributed by atoms with E-state index < -0.39 is 27.1 Å². The van der Waals surface area contributed by atoms with E-state index >= 15 is 0 Å². The predicted octanol–water partition coefficient (Wildman–Crippen LogP) is 3.34. The molecule has 1 N–H and O–H groups in total. The quantitative estimate of drug-likeness (QED) is 0.596. The van der Waals surface area contributed by atoms with Crippen LogP contribution in [-0.2, 0) is 27.6 Å².